The van der Waals surface area contributed by atoms with Crippen molar-refractivity contribution in [3.05, 3.63) is 82.5 Å². The van der Waals surface area contributed by atoms with Crippen LogP contribution in [0.15, 0.2) is 55.0 Å². The second-order valence-corrected chi connectivity index (χ2v) is 10.5. The van der Waals surface area contributed by atoms with Crippen LogP contribution in [0.4, 0.5) is 0 Å². The van der Waals surface area contributed by atoms with E-state index in [0.717, 1.165) is 5.56 Å². The second-order valence-electron chi connectivity index (χ2n) is 7.67. The van der Waals surface area contributed by atoms with Crippen LogP contribution in [0.3, 0.4) is 0 Å². The zero-order valence-electron chi connectivity index (χ0n) is 18.5. The van der Waals surface area contributed by atoms with Crippen molar-refractivity contribution in [2.45, 2.75) is 19.9 Å². The van der Waals surface area contributed by atoms with Gasteiger partial charge in [0.25, 0.3) is 13.3 Å². The van der Waals surface area contributed by atoms with Crippen LogP contribution in [-0.4, -0.2) is 28.0 Å². The number of aryl methyl sites for hydroxylation is 1. The van der Waals surface area contributed by atoms with Crippen molar-refractivity contribution in [3.63, 3.8) is 0 Å². The van der Waals surface area contributed by atoms with Gasteiger partial charge in [-0.2, -0.15) is 5.26 Å². The zero-order chi connectivity index (χ0) is 24.3. The minimum Gasteiger partial charge on any atom is -0.350 e. The number of rotatable bonds is 7. The fraction of sp³-hybridized carbons (Fsp3) is 0.167. The highest BCUT2D eigenvalue weighted by atomic mass is 35.5. The van der Waals surface area contributed by atoms with E-state index < -0.39 is 13.3 Å². The van der Waals surface area contributed by atoms with Gasteiger partial charge in [-0.25, -0.2) is 9.97 Å². The summed E-state index contributed by atoms with van der Waals surface area (Å²) in [6.07, 6.45) is 3.14. The van der Waals surface area contributed by atoms with Crippen LogP contribution in [0.1, 0.15) is 27.3 Å². The average Bonchev–Trinajstić information content (AvgIpc) is 3.22. The summed E-state index contributed by atoms with van der Waals surface area (Å²) in [5, 5.41) is 13.5. The van der Waals surface area contributed by atoms with Crippen LogP contribution >= 0.6 is 19.0 Å². The number of hydrogen-bond donors (Lipinski definition) is 2. The van der Waals surface area contributed by atoms with Gasteiger partial charge in [-0.1, -0.05) is 17.7 Å². The summed E-state index contributed by atoms with van der Waals surface area (Å²) in [5.41, 5.74) is 2.86. The number of nitrogens with one attached hydrogen (secondary N) is 2. The highest BCUT2D eigenvalue weighted by molar-refractivity contribution is 7.75. The quantitative estimate of drug-likeness (QED) is 0.378. The largest absolute Gasteiger partial charge is 0.350 e. The normalized spacial score (nSPS) is 12.8. The molecule has 2 N–H and O–H groups in total. The predicted octanol–water partition coefficient (Wildman–Crippen LogP) is 3.79. The fourth-order valence-electron chi connectivity index (χ4n) is 3.83. The van der Waals surface area contributed by atoms with E-state index in [-0.39, 0.29) is 24.0 Å². The van der Waals surface area contributed by atoms with Gasteiger partial charge in [0.15, 0.2) is 0 Å². The van der Waals surface area contributed by atoms with E-state index >= 15 is 0 Å². The van der Waals surface area contributed by atoms with Gasteiger partial charge in [0.1, 0.15) is 12.0 Å². The Kier molecular flexibility index (Phi) is 6.80. The van der Waals surface area contributed by atoms with Crippen LogP contribution in [-0.2, 0) is 22.1 Å². The maximum absolute atomic E-state index is 14.5. The molecule has 8 nitrogen and oxygen atoms in total. The molecule has 1 amide bonds. The van der Waals surface area contributed by atoms with Gasteiger partial charge in [-0.05, 0) is 54.4 Å². The van der Waals surface area contributed by atoms with Crippen molar-refractivity contribution in [2.75, 3.05) is 7.11 Å². The van der Waals surface area contributed by atoms with Gasteiger partial charge >= 0.3 is 0 Å². The molecule has 0 bridgehead atoms. The standard InChI is InChI=1S/C24H21ClN5O3P/c1-15-9-16(5-7-26)11-19(10-15)34(32,33-2)23-20-12-17(25)3-4-21(20)30-22(23)24(31)28-13-18-6-8-27-14-29-18/h3-4,6,8-12,14,30H,5,13H2,1-2H3,(H,28,31). The number of aromatic nitrogens is 3. The molecule has 0 saturated heterocycles. The zero-order valence-corrected chi connectivity index (χ0v) is 20.2. The van der Waals surface area contributed by atoms with E-state index in [1.807, 2.05) is 13.0 Å². The predicted molar refractivity (Wildman–Crippen MR) is 131 cm³/mol. The lowest BCUT2D eigenvalue weighted by molar-refractivity contribution is 0.0947. The molecular formula is C24H21ClN5O3P. The number of carbonyl (C=O) groups excluding carboxylic acids is 1. The Bertz CT molecular complexity index is 1460. The third-order valence-electron chi connectivity index (χ3n) is 5.33. The number of benzene rings is 2. The van der Waals surface area contributed by atoms with Crippen LogP contribution in [0, 0.1) is 18.3 Å². The van der Waals surface area contributed by atoms with E-state index in [0.29, 0.717) is 32.5 Å². The molecule has 4 rings (SSSR count). The van der Waals surface area contributed by atoms with Crippen molar-refractivity contribution in [1.29, 1.82) is 5.26 Å². The summed E-state index contributed by atoms with van der Waals surface area (Å²) in [5.74, 6) is -0.469. The third kappa shape index (κ3) is 4.59. The Morgan fingerprint density at radius 1 is 1.26 bits per heavy atom. The number of nitriles is 1. The lowest BCUT2D eigenvalue weighted by Crippen LogP contribution is -2.30. The Labute approximate surface area is 201 Å². The van der Waals surface area contributed by atoms with Crippen molar-refractivity contribution in [2.24, 2.45) is 0 Å². The van der Waals surface area contributed by atoms with Gasteiger partial charge in [0.05, 0.1) is 30.0 Å². The summed E-state index contributed by atoms with van der Waals surface area (Å²) < 4.78 is 20.2. The minimum atomic E-state index is -3.77. The molecular weight excluding hydrogens is 473 g/mol. The molecule has 0 saturated carbocycles. The minimum absolute atomic E-state index is 0.111. The molecule has 0 fully saturated rings. The molecule has 1 atom stereocenters. The van der Waals surface area contributed by atoms with Crippen LogP contribution < -0.4 is 15.9 Å². The summed E-state index contributed by atoms with van der Waals surface area (Å²) in [4.78, 5) is 24.4. The van der Waals surface area contributed by atoms with E-state index in [1.165, 1.54) is 13.4 Å². The molecule has 0 radical (unpaired) electrons. The molecule has 0 aliphatic heterocycles. The van der Waals surface area contributed by atoms with Gasteiger partial charge in [-0.3, -0.25) is 9.36 Å². The number of fused-ring (bicyclic) bond motifs is 1. The topological polar surface area (TPSA) is 121 Å². The summed E-state index contributed by atoms with van der Waals surface area (Å²) in [7, 11) is -2.43. The number of carbonyl (C=O) groups is 1. The SMILES string of the molecule is COP(=O)(c1cc(C)cc(CC#N)c1)c1c(C(=O)NCc2ccncn2)[nH]c2ccc(Cl)cc12. The second kappa shape index (κ2) is 9.78. The first-order chi connectivity index (χ1) is 16.4. The number of hydrogen-bond acceptors (Lipinski definition) is 6. The summed E-state index contributed by atoms with van der Waals surface area (Å²) >= 11 is 6.26. The molecule has 4 aromatic rings. The molecule has 2 aromatic heterocycles. The van der Waals surface area contributed by atoms with Crippen molar-refractivity contribution >= 4 is 46.4 Å². The highest BCUT2D eigenvalue weighted by Gasteiger charge is 2.36. The molecule has 0 spiro atoms. The van der Waals surface area contributed by atoms with Crippen molar-refractivity contribution < 1.29 is 13.9 Å². The van der Waals surface area contributed by atoms with Gasteiger partial charge in [0, 0.05) is 34.5 Å². The lowest BCUT2D eigenvalue weighted by atomic mass is 10.1. The first-order valence-corrected chi connectivity index (χ1v) is 12.3. The Morgan fingerprint density at radius 3 is 2.79 bits per heavy atom. The Hall–Kier alpha value is -3.50. The molecule has 2 heterocycles. The number of halogens is 1. The molecule has 0 aliphatic rings. The first kappa shape index (κ1) is 23.7. The van der Waals surface area contributed by atoms with Gasteiger partial charge < -0.3 is 14.8 Å². The molecule has 172 valence electrons. The van der Waals surface area contributed by atoms with E-state index in [4.69, 9.17) is 21.4 Å². The van der Waals surface area contributed by atoms with Crippen molar-refractivity contribution in [3.8, 4) is 6.07 Å². The number of H-pyrrole nitrogens is 1. The van der Waals surface area contributed by atoms with E-state index in [2.05, 4.69) is 26.3 Å². The monoisotopic (exact) mass is 493 g/mol. The smallest absolute Gasteiger partial charge is 0.268 e. The first-order valence-electron chi connectivity index (χ1n) is 10.3. The van der Waals surface area contributed by atoms with Gasteiger partial charge in [-0.15, -0.1) is 0 Å². The Balaban J connectivity index is 1.87. The Morgan fingerprint density at radius 2 is 2.09 bits per heavy atom. The molecule has 10 heteroatoms. The van der Waals surface area contributed by atoms with E-state index in [9.17, 15) is 9.36 Å². The molecule has 1 unspecified atom stereocenters. The third-order valence-corrected chi connectivity index (χ3v) is 8.07. The summed E-state index contributed by atoms with van der Waals surface area (Å²) in [6.45, 7) is 2.01. The van der Waals surface area contributed by atoms with Crippen molar-refractivity contribution in [1.82, 2.24) is 20.3 Å². The molecule has 34 heavy (non-hydrogen) atoms. The maximum atomic E-state index is 14.5. The fourth-order valence-corrected chi connectivity index (χ4v) is 6.32. The van der Waals surface area contributed by atoms with E-state index in [1.54, 1.807) is 42.6 Å². The number of aromatic amines is 1. The summed E-state index contributed by atoms with van der Waals surface area (Å²) in [6, 6.07) is 14.2. The number of nitrogens with zero attached hydrogens (tertiary/aromatic N) is 3. The van der Waals surface area contributed by atoms with Gasteiger partial charge in [0.2, 0.25) is 0 Å². The van der Waals surface area contributed by atoms with Crippen LogP contribution in [0.25, 0.3) is 10.9 Å². The van der Waals surface area contributed by atoms with Crippen LogP contribution in [0.2, 0.25) is 5.02 Å². The molecule has 0 aliphatic carbocycles. The highest BCUT2D eigenvalue weighted by Crippen LogP contribution is 2.47. The number of amides is 1. The lowest BCUT2D eigenvalue weighted by Gasteiger charge is -2.19. The van der Waals surface area contributed by atoms with Crippen LogP contribution in [0.5, 0.6) is 0 Å². The molecule has 2 aromatic carbocycles. The average molecular weight is 494 g/mol. The maximum Gasteiger partial charge on any atom is 0.268 e.